The van der Waals surface area contributed by atoms with E-state index in [-0.39, 0.29) is 0 Å². The van der Waals surface area contributed by atoms with E-state index in [2.05, 4.69) is 5.32 Å². The maximum atomic E-state index is 11.4. The molecule has 0 atom stereocenters. The predicted octanol–water partition coefficient (Wildman–Crippen LogP) is 1.84. The Balaban J connectivity index is 2.80. The maximum absolute atomic E-state index is 11.4. The minimum Gasteiger partial charge on any atom is -0.493 e. The summed E-state index contributed by atoms with van der Waals surface area (Å²) in [5, 5.41) is 3.61. The van der Waals surface area contributed by atoms with Gasteiger partial charge in [0.25, 0.3) is 0 Å². The van der Waals surface area contributed by atoms with Crippen molar-refractivity contribution in [2.75, 3.05) is 19.5 Å². The number of hydrogen-bond donors (Lipinski definition) is 1. The summed E-state index contributed by atoms with van der Waals surface area (Å²) in [6.07, 6.45) is 0. The number of benzene rings is 1. The summed E-state index contributed by atoms with van der Waals surface area (Å²) in [7, 11) is 3.22. The molecular formula is C11H11NO3. The van der Waals surface area contributed by atoms with E-state index < -0.39 is 5.63 Å². The van der Waals surface area contributed by atoms with Crippen LogP contribution in [-0.2, 0) is 0 Å². The van der Waals surface area contributed by atoms with Gasteiger partial charge in [-0.05, 0) is 12.1 Å². The van der Waals surface area contributed by atoms with Gasteiger partial charge in [0, 0.05) is 12.4 Å². The van der Waals surface area contributed by atoms with Gasteiger partial charge in [-0.3, -0.25) is 0 Å². The quantitative estimate of drug-likeness (QED) is 0.760. The Bertz CT molecular complexity index is 545. The van der Waals surface area contributed by atoms with Gasteiger partial charge >= 0.3 is 5.63 Å². The average molecular weight is 205 g/mol. The van der Waals surface area contributed by atoms with Crippen LogP contribution in [0.3, 0.4) is 0 Å². The topological polar surface area (TPSA) is 51.5 Å². The highest BCUT2D eigenvalue weighted by atomic mass is 16.5. The van der Waals surface area contributed by atoms with E-state index in [9.17, 15) is 4.79 Å². The number of methoxy groups -OCH3 is 1. The number of nitrogens with one attached hydrogen (secondary N) is 1. The minimum atomic E-state index is -0.394. The van der Waals surface area contributed by atoms with Crippen LogP contribution in [0.15, 0.2) is 33.5 Å². The molecule has 1 N–H and O–H groups in total. The van der Waals surface area contributed by atoms with Crippen LogP contribution in [0.2, 0.25) is 0 Å². The zero-order valence-corrected chi connectivity index (χ0v) is 8.53. The zero-order chi connectivity index (χ0) is 10.8. The van der Waals surface area contributed by atoms with Crippen molar-refractivity contribution in [1.29, 1.82) is 0 Å². The number of para-hydroxylation sites is 1. The number of ether oxygens (including phenoxy) is 1. The molecule has 0 aliphatic rings. The van der Waals surface area contributed by atoms with Gasteiger partial charge in [-0.2, -0.15) is 0 Å². The molecule has 1 aromatic heterocycles. The number of fused-ring (bicyclic) bond motifs is 1. The predicted molar refractivity (Wildman–Crippen MR) is 58.6 cm³/mol. The van der Waals surface area contributed by atoms with E-state index in [1.807, 2.05) is 12.1 Å². The summed E-state index contributed by atoms with van der Waals surface area (Å²) in [4.78, 5) is 11.4. The molecule has 1 heterocycles. The Morgan fingerprint density at radius 1 is 1.40 bits per heavy atom. The van der Waals surface area contributed by atoms with E-state index >= 15 is 0 Å². The van der Waals surface area contributed by atoms with E-state index in [1.165, 1.54) is 0 Å². The Hall–Kier alpha value is -1.97. The summed E-state index contributed by atoms with van der Waals surface area (Å²) in [6.45, 7) is 0. The third-order valence-electron chi connectivity index (χ3n) is 2.21. The van der Waals surface area contributed by atoms with Crippen molar-refractivity contribution in [1.82, 2.24) is 0 Å². The van der Waals surface area contributed by atoms with Gasteiger partial charge < -0.3 is 14.5 Å². The average Bonchev–Trinajstić information content (AvgIpc) is 2.27. The van der Waals surface area contributed by atoms with Crippen LogP contribution < -0.4 is 15.7 Å². The van der Waals surface area contributed by atoms with E-state index in [4.69, 9.17) is 9.15 Å². The lowest BCUT2D eigenvalue weighted by atomic mass is 10.2. The zero-order valence-electron chi connectivity index (χ0n) is 8.53. The van der Waals surface area contributed by atoms with Crippen LogP contribution in [0.1, 0.15) is 0 Å². The van der Waals surface area contributed by atoms with Crippen molar-refractivity contribution >= 4 is 16.7 Å². The molecule has 0 saturated heterocycles. The second-order valence-corrected chi connectivity index (χ2v) is 3.08. The Morgan fingerprint density at radius 2 is 2.20 bits per heavy atom. The monoisotopic (exact) mass is 205 g/mol. The van der Waals surface area contributed by atoms with Crippen molar-refractivity contribution in [3.05, 3.63) is 34.7 Å². The molecular weight excluding hydrogens is 194 g/mol. The van der Waals surface area contributed by atoms with Gasteiger partial charge in [0.2, 0.25) is 0 Å². The molecule has 2 rings (SSSR count). The highest BCUT2D eigenvalue weighted by Crippen LogP contribution is 2.25. The van der Waals surface area contributed by atoms with Crippen molar-refractivity contribution in [2.24, 2.45) is 0 Å². The van der Waals surface area contributed by atoms with Gasteiger partial charge in [-0.1, -0.05) is 12.1 Å². The van der Waals surface area contributed by atoms with Crippen LogP contribution in [0.25, 0.3) is 11.0 Å². The second-order valence-electron chi connectivity index (χ2n) is 3.08. The summed E-state index contributed by atoms with van der Waals surface area (Å²) >= 11 is 0. The van der Waals surface area contributed by atoms with Crippen molar-refractivity contribution in [3.63, 3.8) is 0 Å². The molecule has 0 spiro atoms. The first-order valence-corrected chi connectivity index (χ1v) is 4.55. The summed E-state index contributed by atoms with van der Waals surface area (Å²) < 4.78 is 10.3. The lowest BCUT2D eigenvalue weighted by Gasteiger charge is -2.04. The lowest BCUT2D eigenvalue weighted by molar-refractivity contribution is 0.407. The fraction of sp³-hybridized carbons (Fsp3) is 0.182. The smallest absolute Gasteiger partial charge is 0.359 e. The van der Waals surface area contributed by atoms with E-state index in [0.29, 0.717) is 17.0 Å². The Kier molecular flexibility index (Phi) is 2.33. The Labute approximate surface area is 86.5 Å². The molecule has 1 aromatic carbocycles. The summed E-state index contributed by atoms with van der Waals surface area (Å²) in [5.74, 6) is 0.562. The molecule has 0 amide bonds. The molecule has 78 valence electrons. The van der Waals surface area contributed by atoms with Crippen LogP contribution in [0, 0.1) is 0 Å². The molecule has 0 unspecified atom stereocenters. The standard InChI is InChI=1S/C11H11NO3/c1-12-8-6-7-4-3-5-9(14-2)10(7)15-11(8)13/h3-6,12H,1-2H3. The van der Waals surface area contributed by atoms with Crippen LogP contribution in [0.5, 0.6) is 5.75 Å². The Morgan fingerprint density at radius 3 is 2.87 bits per heavy atom. The lowest BCUT2D eigenvalue weighted by Crippen LogP contribution is -2.06. The minimum absolute atomic E-state index is 0.394. The molecule has 0 radical (unpaired) electrons. The molecule has 0 saturated carbocycles. The second kappa shape index (κ2) is 3.65. The fourth-order valence-electron chi connectivity index (χ4n) is 1.45. The fourth-order valence-corrected chi connectivity index (χ4v) is 1.45. The number of anilines is 1. The summed E-state index contributed by atoms with van der Waals surface area (Å²) in [5.41, 5.74) is 0.522. The third-order valence-corrected chi connectivity index (χ3v) is 2.21. The first kappa shape index (κ1) is 9.58. The SMILES string of the molecule is CNc1cc2cccc(OC)c2oc1=O. The van der Waals surface area contributed by atoms with Gasteiger partial charge in [0.1, 0.15) is 5.69 Å². The number of hydrogen-bond acceptors (Lipinski definition) is 4. The van der Waals surface area contributed by atoms with E-state index in [0.717, 1.165) is 5.39 Å². The molecule has 15 heavy (non-hydrogen) atoms. The van der Waals surface area contributed by atoms with Crippen molar-refractivity contribution < 1.29 is 9.15 Å². The van der Waals surface area contributed by atoms with E-state index in [1.54, 1.807) is 26.3 Å². The first-order chi connectivity index (χ1) is 7.26. The molecule has 0 aliphatic carbocycles. The van der Waals surface area contributed by atoms with Gasteiger partial charge in [0.05, 0.1) is 7.11 Å². The van der Waals surface area contributed by atoms with Crippen LogP contribution in [0.4, 0.5) is 5.69 Å². The highest BCUT2D eigenvalue weighted by Gasteiger charge is 2.07. The molecule has 0 fully saturated rings. The van der Waals surface area contributed by atoms with Crippen molar-refractivity contribution in [2.45, 2.75) is 0 Å². The largest absolute Gasteiger partial charge is 0.493 e. The molecule has 0 aliphatic heterocycles. The van der Waals surface area contributed by atoms with Gasteiger partial charge in [0.15, 0.2) is 11.3 Å². The molecule has 0 bridgehead atoms. The summed E-state index contributed by atoms with van der Waals surface area (Å²) in [6, 6.07) is 7.20. The number of rotatable bonds is 2. The maximum Gasteiger partial charge on any atom is 0.359 e. The van der Waals surface area contributed by atoms with Crippen molar-refractivity contribution in [3.8, 4) is 5.75 Å². The highest BCUT2D eigenvalue weighted by molar-refractivity contribution is 5.84. The molecule has 4 heteroatoms. The van der Waals surface area contributed by atoms with Crippen LogP contribution >= 0.6 is 0 Å². The normalized spacial score (nSPS) is 10.3. The third kappa shape index (κ3) is 1.54. The molecule has 4 nitrogen and oxygen atoms in total. The van der Waals surface area contributed by atoms with Gasteiger partial charge in [-0.15, -0.1) is 0 Å². The van der Waals surface area contributed by atoms with Crippen LogP contribution in [-0.4, -0.2) is 14.2 Å². The molecule has 2 aromatic rings. The first-order valence-electron chi connectivity index (χ1n) is 4.55. The van der Waals surface area contributed by atoms with Gasteiger partial charge in [-0.25, -0.2) is 4.79 Å².